The molecule has 1 N–H and O–H groups in total. The van der Waals surface area contributed by atoms with E-state index in [0.717, 1.165) is 51.4 Å². The van der Waals surface area contributed by atoms with Crippen molar-refractivity contribution in [3.63, 3.8) is 0 Å². The first kappa shape index (κ1) is 46.1. The molecule has 0 rings (SSSR count). The van der Waals surface area contributed by atoms with Gasteiger partial charge in [-0.25, -0.2) is 4.79 Å². The van der Waals surface area contributed by atoms with Gasteiger partial charge in [-0.05, 0) is 38.5 Å². The Bertz CT molecular complexity index is 808. The van der Waals surface area contributed by atoms with Crippen molar-refractivity contribution < 1.29 is 38.2 Å². The molecular formula is C40H76NO7+. The van der Waals surface area contributed by atoms with Crippen molar-refractivity contribution in [3.05, 3.63) is 12.2 Å². The first-order chi connectivity index (χ1) is 23.1. The molecule has 282 valence electrons. The number of carboxylic acid groups (broad SMARTS) is 1. The number of aliphatic carboxylic acids is 1. The third kappa shape index (κ3) is 30.2. The van der Waals surface area contributed by atoms with Gasteiger partial charge >= 0.3 is 17.9 Å². The van der Waals surface area contributed by atoms with E-state index in [2.05, 4.69) is 26.0 Å². The second kappa shape index (κ2) is 32.3. The van der Waals surface area contributed by atoms with Crippen LogP contribution in [-0.4, -0.2) is 80.6 Å². The zero-order valence-electron chi connectivity index (χ0n) is 32.0. The first-order valence-electron chi connectivity index (χ1n) is 19.7. The molecule has 0 aromatic rings. The largest absolute Gasteiger partial charge is 0.477 e. The Kier molecular flexibility index (Phi) is 31.0. The standard InChI is InChI=1S/C40H75NO7/c1-6-8-10-12-14-16-18-19-20-21-23-25-27-29-31-39(43)48-36(34-46-33-32-37(40(44)45)41(3,4)5)35-47-38(42)30-28-26-24-22-17-15-13-11-9-7-2/h18-19,36-37H,6-17,20-35H2,1-5H3/p+1/b19-18-. The van der Waals surface area contributed by atoms with Gasteiger partial charge in [0.25, 0.3) is 0 Å². The normalized spacial score (nSPS) is 13.1. The van der Waals surface area contributed by atoms with Crippen LogP contribution in [0, 0.1) is 0 Å². The molecule has 0 aliphatic carbocycles. The van der Waals surface area contributed by atoms with Crippen molar-refractivity contribution >= 4 is 17.9 Å². The van der Waals surface area contributed by atoms with E-state index >= 15 is 0 Å². The monoisotopic (exact) mass is 683 g/mol. The lowest BCUT2D eigenvalue weighted by Crippen LogP contribution is -2.50. The Morgan fingerprint density at radius 2 is 1.04 bits per heavy atom. The van der Waals surface area contributed by atoms with Crippen LogP contribution in [0.1, 0.15) is 174 Å². The molecule has 0 radical (unpaired) electrons. The maximum atomic E-state index is 12.6. The van der Waals surface area contributed by atoms with E-state index in [-0.39, 0.29) is 36.2 Å². The topological polar surface area (TPSA) is 99.1 Å². The van der Waals surface area contributed by atoms with Crippen LogP contribution in [0.15, 0.2) is 12.2 Å². The number of hydrogen-bond acceptors (Lipinski definition) is 6. The SMILES string of the molecule is CCCCCCC/C=C\CCCCCCCC(=O)OC(COCCC(C(=O)O)[N+](C)(C)C)COC(=O)CCCCCCCCCCCC. The number of ether oxygens (including phenoxy) is 3. The molecule has 0 aliphatic rings. The Balaban J connectivity index is 4.41. The summed E-state index contributed by atoms with van der Waals surface area (Å²) in [6, 6.07) is -0.610. The van der Waals surface area contributed by atoms with E-state index in [1.165, 1.54) is 89.9 Å². The van der Waals surface area contributed by atoms with Gasteiger partial charge in [-0.2, -0.15) is 0 Å². The summed E-state index contributed by atoms with van der Waals surface area (Å²) in [6.07, 6.45) is 31.0. The zero-order valence-corrected chi connectivity index (χ0v) is 32.0. The van der Waals surface area contributed by atoms with Crippen molar-refractivity contribution in [1.82, 2.24) is 0 Å². The Hall–Kier alpha value is -1.93. The maximum Gasteiger partial charge on any atom is 0.362 e. The fourth-order valence-electron chi connectivity index (χ4n) is 5.79. The molecule has 2 atom stereocenters. The highest BCUT2D eigenvalue weighted by molar-refractivity contribution is 5.72. The number of likely N-dealkylation sites (N-methyl/N-ethyl adjacent to an activating group) is 1. The molecule has 0 amide bonds. The summed E-state index contributed by atoms with van der Waals surface area (Å²) in [5, 5.41) is 9.58. The summed E-state index contributed by atoms with van der Waals surface area (Å²) >= 11 is 0. The molecule has 0 heterocycles. The van der Waals surface area contributed by atoms with Crippen LogP contribution < -0.4 is 0 Å². The summed E-state index contributed by atoms with van der Waals surface area (Å²) in [6.45, 7) is 4.70. The number of allylic oxidation sites excluding steroid dienone is 2. The second-order valence-corrected chi connectivity index (χ2v) is 14.5. The van der Waals surface area contributed by atoms with Crippen LogP contribution in [0.5, 0.6) is 0 Å². The van der Waals surface area contributed by atoms with Gasteiger partial charge in [0.2, 0.25) is 0 Å². The molecule has 0 bridgehead atoms. The lowest BCUT2D eigenvalue weighted by atomic mass is 10.1. The van der Waals surface area contributed by atoms with Crippen molar-refractivity contribution in [3.8, 4) is 0 Å². The van der Waals surface area contributed by atoms with Gasteiger partial charge in [-0.15, -0.1) is 0 Å². The molecule has 0 spiro atoms. The highest BCUT2D eigenvalue weighted by Gasteiger charge is 2.31. The van der Waals surface area contributed by atoms with Gasteiger partial charge < -0.3 is 23.8 Å². The third-order valence-electron chi connectivity index (χ3n) is 8.91. The zero-order chi connectivity index (χ0) is 35.7. The van der Waals surface area contributed by atoms with Crippen LogP contribution in [0.25, 0.3) is 0 Å². The molecule has 0 fully saturated rings. The van der Waals surface area contributed by atoms with E-state index in [0.29, 0.717) is 19.3 Å². The Morgan fingerprint density at radius 3 is 1.50 bits per heavy atom. The average Bonchev–Trinajstić information content (AvgIpc) is 3.03. The van der Waals surface area contributed by atoms with Gasteiger partial charge in [-0.3, -0.25) is 9.59 Å². The fourth-order valence-corrected chi connectivity index (χ4v) is 5.79. The smallest absolute Gasteiger partial charge is 0.362 e. The minimum atomic E-state index is -0.875. The highest BCUT2D eigenvalue weighted by atomic mass is 16.6. The number of unbranched alkanes of at least 4 members (excludes halogenated alkanes) is 19. The molecule has 0 aromatic heterocycles. The summed E-state index contributed by atoms with van der Waals surface area (Å²) in [5.74, 6) is -1.47. The first-order valence-corrected chi connectivity index (χ1v) is 19.7. The molecule has 0 saturated heterocycles. The predicted octanol–water partition coefficient (Wildman–Crippen LogP) is 9.97. The average molecular weight is 683 g/mol. The molecule has 0 aromatic carbocycles. The molecule has 8 heteroatoms. The molecule has 48 heavy (non-hydrogen) atoms. The summed E-state index contributed by atoms with van der Waals surface area (Å²) in [7, 11) is 5.52. The van der Waals surface area contributed by atoms with E-state index < -0.39 is 18.1 Å². The molecular weight excluding hydrogens is 606 g/mol. The summed E-state index contributed by atoms with van der Waals surface area (Å²) < 4.78 is 17.2. The number of esters is 2. The van der Waals surface area contributed by atoms with Crippen molar-refractivity contribution in [2.45, 2.75) is 187 Å². The number of quaternary nitrogens is 1. The number of carbonyl (C=O) groups is 3. The second-order valence-electron chi connectivity index (χ2n) is 14.5. The molecule has 0 aliphatic heterocycles. The number of hydrogen-bond donors (Lipinski definition) is 1. The van der Waals surface area contributed by atoms with Gasteiger partial charge in [-0.1, -0.05) is 129 Å². The van der Waals surface area contributed by atoms with Crippen LogP contribution in [0.4, 0.5) is 0 Å². The summed E-state index contributed by atoms with van der Waals surface area (Å²) in [4.78, 5) is 36.7. The van der Waals surface area contributed by atoms with Gasteiger partial charge in [0.15, 0.2) is 12.1 Å². The highest BCUT2D eigenvalue weighted by Crippen LogP contribution is 2.14. The van der Waals surface area contributed by atoms with Crippen molar-refractivity contribution in [2.24, 2.45) is 0 Å². The molecule has 8 nitrogen and oxygen atoms in total. The van der Waals surface area contributed by atoms with Gasteiger partial charge in [0.05, 0.1) is 34.4 Å². The quantitative estimate of drug-likeness (QED) is 0.0307. The number of carboxylic acids is 1. The van der Waals surface area contributed by atoms with Crippen LogP contribution in [-0.2, 0) is 28.6 Å². The summed E-state index contributed by atoms with van der Waals surface area (Å²) in [5.41, 5.74) is 0. The number of nitrogens with zero attached hydrogens (tertiary/aromatic N) is 1. The van der Waals surface area contributed by atoms with Crippen molar-refractivity contribution in [1.29, 1.82) is 0 Å². The molecule has 2 unspecified atom stereocenters. The Morgan fingerprint density at radius 1 is 0.604 bits per heavy atom. The third-order valence-corrected chi connectivity index (χ3v) is 8.91. The lowest BCUT2D eigenvalue weighted by molar-refractivity contribution is -0.887. The Labute approximate surface area is 295 Å². The van der Waals surface area contributed by atoms with E-state index in [4.69, 9.17) is 14.2 Å². The minimum Gasteiger partial charge on any atom is -0.477 e. The van der Waals surface area contributed by atoms with E-state index in [1.54, 1.807) is 0 Å². The van der Waals surface area contributed by atoms with Gasteiger partial charge in [0, 0.05) is 19.3 Å². The number of rotatable bonds is 35. The lowest BCUT2D eigenvalue weighted by Gasteiger charge is -2.31. The van der Waals surface area contributed by atoms with Crippen molar-refractivity contribution in [2.75, 3.05) is 41.0 Å². The fraction of sp³-hybridized carbons (Fsp3) is 0.875. The van der Waals surface area contributed by atoms with Gasteiger partial charge in [0.1, 0.15) is 6.61 Å². The van der Waals surface area contributed by atoms with E-state index in [9.17, 15) is 19.5 Å². The van der Waals surface area contributed by atoms with Crippen LogP contribution >= 0.6 is 0 Å². The van der Waals surface area contributed by atoms with Crippen LogP contribution in [0.2, 0.25) is 0 Å². The maximum absolute atomic E-state index is 12.6. The van der Waals surface area contributed by atoms with E-state index in [1.807, 2.05) is 21.1 Å². The predicted molar refractivity (Wildman–Crippen MR) is 197 cm³/mol. The van der Waals surface area contributed by atoms with Crippen LogP contribution in [0.3, 0.4) is 0 Å². The minimum absolute atomic E-state index is 0.0493. The molecule has 0 saturated carbocycles. The number of carbonyl (C=O) groups excluding carboxylic acids is 2.